The molecule has 3 aromatic carbocycles. The SMILES string of the molecule is O=C(c1ccc(C(F)(F)F)cc1)c1cn(Cc2ccc(C(F)(F)F)cc2)c2ccccc12. The summed E-state index contributed by atoms with van der Waals surface area (Å²) in [5.74, 6) is -0.443. The van der Waals surface area contributed by atoms with Gasteiger partial charge < -0.3 is 4.57 Å². The summed E-state index contributed by atoms with van der Waals surface area (Å²) < 4.78 is 78.5. The van der Waals surface area contributed by atoms with Crippen LogP contribution in [0.2, 0.25) is 0 Å². The van der Waals surface area contributed by atoms with Crippen molar-refractivity contribution in [3.8, 4) is 0 Å². The van der Waals surface area contributed by atoms with Crippen LogP contribution in [-0.4, -0.2) is 10.4 Å². The Morgan fingerprint density at radius 2 is 1.25 bits per heavy atom. The lowest BCUT2D eigenvalue weighted by molar-refractivity contribution is -0.138. The lowest BCUT2D eigenvalue weighted by Crippen LogP contribution is -2.06. The van der Waals surface area contributed by atoms with Crippen LogP contribution < -0.4 is 0 Å². The monoisotopic (exact) mass is 447 g/mol. The number of carbonyl (C=O) groups excluding carboxylic acids is 1. The van der Waals surface area contributed by atoms with E-state index < -0.39 is 29.3 Å². The van der Waals surface area contributed by atoms with Gasteiger partial charge in [-0.2, -0.15) is 26.3 Å². The van der Waals surface area contributed by atoms with E-state index in [2.05, 4.69) is 0 Å². The van der Waals surface area contributed by atoms with Crippen molar-refractivity contribution in [2.45, 2.75) is 18.9 Å². The zero-order valence-electron chi connectivity index (χ0n) is 16.3. The summed E-state index contributed by atoms with van der Waals surface area (Å²) in [6.45, 7) is 0.221. The summed E-state index contributed by atoms with van der Waals surface area (Å²) in [5, 5.41) is 0.601. The van der Waals surface area contributed by atoms with Crippen LogP contribution in [0.15, 0.2) is 79.0 Å². The molecule has 1 heterocycles. The summed E-state index contributed by atoms with van der Waals surface area (Å²) in [4.78, 5) is 13.0. The first-order valence-corrected chi connectivity index (χ1v) is 9.50. The standard InChI is InChI=1S/C24H15F6NO/c25-23(26,27)17-9-5-15(6-10-17)13-31-14-20(19-3-1-2-4-21(19)31)22(32)16-7-11-18(12-8-16)24(28,29)30/h1-12,14H,13H2. The highest BCUT2D eigenvalue weighted by Crippen LogP contribution is 2.31. The lowest BCUT2D eigenvalue weighted by atomic mass is 10.0. The number of aromatic nitrogens is 1. The first-order valence-electron chi connectivity index (χ1n) is 9.50. The van der Waals surface area contributed by atoms with Gasteiger partial charge >= 0.3 is 12.4 Å². The number of nitrogens with zero attached hydrogens (tertiary/aromatic N) is 1. The molecule has 0 saturated carbocycles. The molecule has 0 fully saturated rings. The van der Waals surface area contributed by atoms with Gasteiger partial charge in [-0.25, -0.2) is 0 Å². The fourth-order valence-corrected chi connectivity index (χ4v) is 3.52. The molecule has 0 spiro atoms. The number of benzene rings is 3. The smallest absolute Gasteiger partial charge is 0.342 e. The first kappa shape index (κ1) is 21.7. The molecule has 32 heavy (non-hydrogen) atoms. The van der Waals surface area contributed by atoms with Gasteiger partial charge in [-0.05, 0) is 35.9 Å². The minimum Gasteiger partial charge on any atom is -0.342 e. The number of carbonyl (C=O) groups is 1. The van der Waals surface area contributed by atoms with Crippen LogP contribution in [0.1, 0.15) is 32.6 Å². The zero-order valence-corrected chi connectivity index (χ0v) is 16.3. The molecular formula is C24H15F6NO. The second-order valence-corrected chi connectivity index (χ2v) is 7.29. The molecular weight excluding hydrogens is 432 g/mol. The summed E-state index contributed by atoms with van der Waals surface area (Å²) in [6.07, 6.45) is -7.36. The van der Waals surface area contributed by atoms with Crippen LogP contribution >= 0.6 is 0 Å². The second kappa shape index (κ2) is 7.85. The van der Waals surface area contributed by atoms with E-state index in [0.29, 0.717) is 22.0 Å². The maximum atomic E-state index is 13.0. The zero-order chi connectivity index (χ0) is 23.1. The highest BCUT2D eigenvalue weighted by molar-refractivity contribution is 6.16. The number of hydrogen-bond acceptors (Lipinski definition) is 1. The Morgan fingerprint density at radius 1 is 0.719 bits per heavy atom. The molecule has 0 radical (unpaired) electrons. The highest BCUT2D eigenvalue weighted by atomic mass is 19.4. The molecule has 0 amide bonds. The van der Waals surface area contributed by atoms with E-state index in [4.69, 9.17) is 0 Å². The molecule has 0 aliphatic rings. The van der Waals surface area contributed by atoms with E-state index in [1.54, 1.807) is 35.0 Å². The quantitative estimate of drug-likeness (QED) is 0.245. The van der Waals surface area contributed by atoms with Gasteiger partial charge in [-0.15, -0.1) is 0 Å². The molecule has 0 aliphatic carbocycles. The van der Waals surface area contributed by atoms with Crippen molar-refractivity contribution >= 4 is 16.7 Å². The Kier molecular flexibility index (Phi) is 5.32. The number of rotatable bonds is 4. The van der Waals surface area contributed by atoms with Gasteiger partial charge in [0.2, 0.25) is 0 Å². The number of ketones is 1. The van der Waals surface area contributed by atoms with Crippen LogP contribution in [0.25, 0.3) is 10.9 Å². The Bertz CT molecular complexity index is 1270. The van der Waals surface area contributed by atoms with Gasteiger partial charge in [0.15, 0.2) is 5.78 Å². The van der Waals surface area contributed by atoms with Gasteiger partial charge in [0.05, 0.1) is 11.1 Å². The van der Waals surface area contributed by atoms with Crippen LogP contribution in [0.4, 0.5) is 26.3 Å². The van der Waals surface area contributed by atoms with Crippen LogP contribution in [0.5, 0.6) is 0 Å². The van der Waals surface area contributed by atoms with Gasteiger partial charge in [-0.3, -0.25) is 4.79 Å². The predicted octanol–water partition coefficient (Wildman–Crippen LogP) is 6.96. The highest BCUT2D eigenvalue weighted by Gasteiger charge is 2.31. The van der Waals surface area contributed by atoms with Crippen molar-refractivity contribution in [1.29, 1.82) is 0 Å². The third kappa shape index (κ3) is 4.26. The molecule has 0 unspecified atom stereocenters. The fraction of sp³-hybridized carbons (Fsp3) is 0.125. The number of halogens is 6. The molecule has 164 valence electrons. The fourth-order valence-electron chi connectivity index (χ4n) is 3.52. The van der Waals surface area contributed by atoms with Crippen LogP contribution in [0.3, 0.4) is 0 Å². The third-order valence-corrected chi connectivity index (χ3v) is 5.14. The minimum atomic E-state index is -4.50. The van der Waals surface area contributed by atoms with E-state index in [9.17, 15) is 31.1 Å². The third-order valence-electron chi connectivity index (χ3n) is 5.14. The van der Waals surface area contributed by atoms with E-state index in [0.717, 1.165) is 36.4 Å². The topological polar surface area (TPSA) is 22.0 Å². The van der Waals surface area contributed by atoms with E-state index in [-0.39, 0.29) is 12.1 Å². The maximum Gasteiger partial charge on any atom is 0.416 e. The Labute approximate surface area is 178 Å². The lowest BCUT2D eigenvalue weighted by Gasteiger charge is -2.09. The summed E-state index contributed by atoms with van der Waals surface area (Å²) in [7, 11) is 0. The summed E-state index contributed by atoms with van der Waals surface area (Å²) in [6, 6.07) is 15.7. The molecule has 0 atom stereocenters. The van der Waals surface area contributed by atoms with Gasteiger partial charge in [-0.1, -0.05) is 42.5 Å². The second-order valence-electron chi connectivity index (χ2n) is 7.29. The van der Waals surface area contributed by atoms with Crippen molar-refractivity contribution < 1.29 is 31.1 Å². The molecule has 0 N–H and O–H groups in total. The van der Waals surface area contributed by atoms with Gasteiger partial charge in [0.1, 0.15) is 0 Å². The largest absolute Gasteiger partial charge is 0.416 e. The minimum absolute atomic E-state index is 0.107. The molecule has 0 bridgehead atoms. The number of fused-ring (bicyclic) bond motifs is 1. The van der Waals surface area contributed by atoms with Crippen molar-refractivity contribution in [3.05, 3.63) is 107 Å². The summed E-state index contributed by atoms with van der Waals surface area (Å²) in [5.41, 5.74) is 0.0909. The van der Waals surface area contributed by atoms with Crippen molar-refractivity contribution in [3.63, 3.8) is 0 Å². The van der Waals surface area contributed by atoms with Gasteiger partial charge in [0.25, 0.3) is 0 Å². The first-order chi connectivity index (χ1) is 15.0. The maximum absolute atomic E-state index is 13.0. The van der Waals surface area contributed by atoms with E-state index in [1.807, 2.05) is 0 Å². The van der Waals surface area contributed by atoms with Crippen molar-refractivity contribution in [2.75, 3.05) is 0 Å². The number of alkyl halides is 6. The Balaban J connectivity index is 1.68. The molecule has 8 heteroatoms. The molecule has 4 aromatic rings. The normalized spacial score (nSPS) is 12.3. The Hall–Kier alpha value is -3.55. The van der Waals surface area contributed by atoms with Crippen LogP contribution in [0, 0.1) is 0 Å². The molecule has 2 nitrogen and oxygen atoms in total. The van der Waals surface area contributed by atoms with E-state index >= 15 is 0 Å². The molecule has 0 aliphatic heterocycles. The van der Waals surface area contributed by atoms with Crippen molar-refractivity contribution in [2.24, 2.45) is 0 Å². The van der Waals surface area contributed by atoms with E-state index in [1.165, 1.54) is 12.1 Å². The molecule has 0 saturated heterocycles. The van der Waals surface area contributed by atoms with Gasteiger partial charge in [0, 0.05) is 34.8 Å². The number of para-hydroxylation sites is 1. The predicted molar refractivity (Wildman–Crippen MR) is 107 cm³/mol. The Morgan fingerprint density at radius 3 is 1.81 bits per heavy atom. The average Bonchev–Trinajstić information content (AvgIpc) is 3.11. The van der Waals surface area contributed by atoms with Crippen molar-refractivity contribution in [1.82, 2.24) is 4.57 Å². The average molecular weight is 447 g/mol. The van der Waals surface area contributed by atoms with Crippen LogP contribution in [-0.2, 0) is 18.9 Å². The number of hydrogen-bond donors (Lipinski definition) is 0. The molecule has 4 rings (SSSR count). The summed E-state index contributed by atoms with van der Waals surface area (Å²) >= 11 is 0. The molecule has 1 aromatic heterocycles.